The molecule has 6 nitrogen and oxygen atoms in total. The summed E-state index contributed by atoms with van der Waals surface area (Å²) in [4.78, 5) is 4.34. The van der Waals surface area contributed by atoms with Crippen LogP contribution >= 0.6 is 0 Å². The number of aromatic nitrogens is 2. The van der Waals surface area contributed by atoms with Crippen molar-refractivity contribution in [2.45, 2.75) is 52.5 Å². The van der Waals surface area contributed by atoms with Crippen molar-refractivity contribution in [3.05, 3.63) is 17.5 Å². The topological polar surface area (TPSA) is 63.5 Å². The molecule has 0 bridgehead atoms. The molecule has 0 atom stereocenters. The Bertz CT molecular complexity index is 534. The minimum atomic E-state index is 0.400. The SMILES string of the molecule is CN=C(NCCCn1nc(C)cc1C)NCC1(CCOC)CCC1. The molecule has 1 aromatic heterocycles. The van der Waals surface area contributed by atoms with Gasteiger partial charge in [0.05, 0.1) is 5.69 Å². The molecule has 0 aromatic carbocycles. The zero-order valence-electron chi connectivity index (χ0n) is 15.7. The molecule has 1 saturated carbocycles. The molecule has 0 spiro atoms. The number of aliphatic imine (C=N–C) groups is 1. The molecule has 0 saturated heterocycles. The monoisotopic (exact) mass is 335 g/mol. The van der Waals surface area contributed by atoms with E-state index >= 15 is 0 Å². The van der Waals surface area contributed by atoms with Crippen molar-refractivity contribution in [2.75, 3.05) is 33.9 Å². The van der Waals surface area contributed by atoms with Crippen LogP contribution in [0.4, 0.5) is 0 Å². The van der Waals surface area contributed by atoms with Crippen LogP contribution in [0.25, 0.3) is 0 Å². The van der Waals surface area contributed by atoms with Crippen LogP contribution in [-0.2, 0) is 11.3 Å². The third-order valence-corrected chi connectivity index (χ3v) is 5.05. The predicted molar refractivity (Wildman–Crippen MR) is 98.5 cm³/mol. The highest BCUT2D eigenvalue weighted by Gasteiger charge is 2.36. The summed E-state index contributed by atoms with van der Waals surface area (Å²) in [5.41, 5.74) is 2.71. The molecule has 2 rings (SSSR count). The first-order chi connectivity index (χ1) is 11.6. The van der Waals surface area contributed by atoms with Gasteiger partial charge in [0.25, 0.3) is 0 Å². The zero-order valence-corrected chi connectivity index (χ0v) is 15.7. The Morgan fingerprint density at radius 3 is 2.71 bits per heavy atom. The van der Waals surface area contributed by atoms with Gasteiger partial charge < -0.3 is 15.4 Å². The Hall–Kier alpha value is -1.56. The average molecular weight is 335 g/mol. The summed E-state index contributed by atoms with van der Waals surface area (Å²) in [7, 11) is 3.61. The van der Waals surface area contributed by atoms with Crippen molar-refractivity contribution in [3.8, 4) is 0 Å². The molecule has 2 N–H and O–H groups in total. The highest BCUT2D eigenvalue weighted by Crippen LogP contribution is 2.43. The van der Waals surface area contributed by atoms with Crippen molar-refractivity contribution in [3.63, 3.8) is 0 Å². The summed E-state index contributed by atoms with van der Waals surface area (Å²) >= 11 is 0. The van der Waals surface area contributed by atoms with Crippen LogP contribution in [0.15, 0.2) is 11.1 Å². The van der Waals surface area contributed by atoms with E-state index in [9.17, 15) is 0 Å². The van der Waals surface area contributed by atoms with Crippen molar-refractivity contribution in [2.24, 2.45) is 10.4 Å². The van der Waals surface area contributed by atoms with E-state index in [0.717, 1.165) is 50.7 Å². The van der Waals surface area contributed by atoms with Crippen LogP contribution in [0.5, 0.6) is 0 Å². The zero-order chi connectivity index (χ0) is 17.4. The quantitative estimate of drug-likeness (QED) is 0.413. The molecule has 6 heteroatoms. The number of ether oxygens (including phenoxy) is 1. The van der Waals surface area contributed by atoms with Gasteiger partial charge in [-0.15, -0.1) is 0 Å². The highest BCUT2D eigenvalue weighted by molar-refractivity contribution is 5.79. The van der Waals surface area contributed by atoms with Gasteiger partial charge >= 0.3 is 0 Å². The van der Waals surface area contributed by atoms with Gasteiger partial charge in [0.2, 0.25) is 0 Å². The molecule has 0 unspecified atom stereocenters. The summed E-state index contributed by atoms with van der Waals surface area (Å²) in [5.74, 6) is 0.895. The molecular weight excluding hydrogens is 302 g/mol. The minimum Gasteiger partial charge on any atom is -0.385 e. The first-order valence-corrected chi connectivity index (χ1v) is 9.03. The van der Waals surface area contributed by atoms with Crippen LogP contribution in [0.1, 0.15) is 43.5 Å². The van der Waals surface area contributed by atoms with Crippen LogP contribution in [0.3, 0.4) is 0 Å². The second kappa shape index (κ2) is 9.06. The maximum Gasteiger partial charge on any atom is 0.190 e. The minimum absolute atomic E-state index is 0.400. The molecule has 24 heavy (non-hydrogen) atoms. The standard InChI is InChI=1S/C18H33N5O/c1-15-13-16(2)23(22-15)11-6-10-20-17(19-3)21-14-18(7-5-8-18)9-12-24-4/h13H,5-12,14H2,1-4H3,(H2,19,20,21). The van der Waals surface area contributed by atoms with Gasteiger partial charge in [-0.25, -0.2) is 0 Å². The second-order valence-electron chi connectivity index (χ2n) is 6.95. The van der Waals surface area contributed by atoms with E-state index in [1.165, 1.54) is 25.0 Å². The number of aryl methyl sites for hydroxylation is 3. The fourth-order valence-corrected chi connectivity index (χ4v) is 3.34. The molecule has 1 fully saturated rings. The molecule has 0 aliphatic heterocycles. The van der Waals surface area contributed by atoms with Crippen molar-refractivity contribution >= 4 is 5.96 Å². The number of methoxy groups -OCH3 is 1. The molecular formula is C18H33N5O. The van der Waals surface area contributed by atoms with Crippen LogP contribution < -0.4 is 10.6 Å². The molecule has 1 aromatic rings. The molecule has 0 amide bonds. The first kappa shape index (κ1) is 18.8. The van der Waals surface area contributed by atoms with Crippen molar-refractivity contribution < 1.29 is 4.74 Å². The summed E-state index contributed by atoms with van der Waals surface area (Å²) in [5, 5.41) is 11.4. The number of nitrogens with zero attached hydrogens (tertiary/aromatic N) is 3. The highest BCUT2D eigenvalue weighted by atomic mass is 16.5. The lowest BCUT2D eigenvalue weighted by atomic mass is 9.67. The van der Waals surface area contributed by atoms with Crippen molar-refractivity contribution in [1.29, 1.82) is 0 Å². The largest absolute Gasteiger partial charge is 0.385 e. The summed E-state index contributed by atoms with van der Waals surface area (Å²) in [6, 6.07) is 2.12. The van der Waals surface area contributed by atoms with E-state index in [-0.39, 0.29) is 0 Å². The Kier molecular flexibility index (Phi) is 7.09. The lowest BCUT2D eigenvalue weighted by Gasteiger charge is -2.42. The maximum atomic E-state index is 5.26. The number of rotatable bonds is 9. The molecule has 136 valence electrons. The fourth-order valence-electron chi connectivity index (χ4n) is 3.34. The smallest absolute Gasteiger partial charge is 0.190 e. The van der Waals surface area contributed by atoms with Crippen LogP contribution in [0, 0.1) is 19.3 Å². The molecule has 1 aliphatic carbocycles. The summed E-state index contributed by atoms with van der Waals surface area (Å²) in [6.45, 7) is 7.79. The van der Waals surface area contributed by atoms with E-state index in [1.54, 1.807) is 7.11 Å². The van der Waals surface area contributed by atoms with E-state index < -0.39 is 0 Å². The lowest BCUT2D eigenvalue weighted by molar-refractivity contribution is 0.0732. The molecule has 0 radical (unpaired) electrons. The molecule has 1 heterocycles. The van der Waals surface area contributed by atoms with Crippen molar-refractivity contribution in [1.82, 2.24) is 20.4 Å². The van der Waals surface area contributed by atoms with E-state index in [4.69, 9.17) is 4.74 Å². The first-order valence-electron chi connectivity index (χ1n) is 9.03. The second-order valence-corrected chi connectivity index (χ2v) is 6.95. The molecule has 1 aliphatic rings. The third-order valence-electron chi connectivity index (χ3n) is 5.05. The predicted octanol–water partition coefficient (Wildman–Crippen LogP) is 2.26. The Morgan fingerprint density at radius 1 is 1.38 bits per heavy atom. The summed E-state index contributed by atoms with van der Waals surface area (Å²) in [6.07, 6.45) is 6.07. The average Bonchev–Trinajstić information content (AvgIpc) is 2.85. The van der Waals surface area contributed by atoms with Gasteiger partial charge in [0, 0.05) is 46.1 Å². The normalized spacial score (nSPS) is 16.8. The maximum absolute atomic E-state index is 5.26. The van der Waals surface area contributed by atoms with Crippen LogP contribution in [0.2, 0.25) is 0 Å². The number of hydrogen-bond donors (Lipinski definition) is 2. The van der Waals surface area contributed by atoms with E-state index in [0.29, 0.717) is 5.41 Å². The van der Waals surface area contributed by atoms with Gasteiger partial charge in [-0.1, -0.05) is 6.42 Å². The van der Waals surface area contributed by atoms with Gasteiger partial charge in [0.1, 0.15) is 0 Å². The van der Waals surface area contributed by atoms with Gasteiger partial charge in [-0.05, 0) is 51.0 Å². The lowest BCUT2D eigenvalue weighted by Crippen LogP contribution is -2.47. The van der Waals surface area contributed by atoms with Crippen LogP contribution in [-0.4, -0.2) is 49.6 Å². The van der Waals surface area contributed by atoms with E-state index in [1.807, 2.05) is 14.0 Å². The third kappa shape index (κ3) is 5.23. The van der Waals surface area contributed by atoms with Gasteiger partial charge in [0.15, 0.2) is 5.96 Å². The number of guanidine groups is 1. The Labute approximate surface area is 146 Å². The number of nitrogens with one attached hydrogen (secondary N) is 2. The Balaban J connectivity index is 1.68. The van der Waals surface area contributed by atoms with Gasteiger partial charge in [-0.3, -0.25) is 9.67 Å². The van der Waals surface area contributed by atoms with E-state index in [2.05, 4.69) is 38.4 Å². The fraction of sp³-hybridized carbons (Fsp3) is 0.778. The van der Waals surface area contributed by atoms with Gasteiger partial charge in [-0.2, -0.15) is 5.10 Å². The summed E-state index contributed by atoms with van der Waals surface area (Å²) < 4.78 is 7.33. The number of hydrogen-bond acceptors (Lipinski definition) is 3. The Morgan fingerprint density at radius 2 is 2.17 bits per heavy atom.